The zero-order valence-electron chi connectivity index (χ0n) is 13.8. The van der Waals surface area contributed by atoms with Gasteiger partial charge in [0, 0.05) is 5.69 Å². The second-order valence-corrected chi connectivity index (χ2v) is 6.96. The summed E-state index contributed by atoms with van der Waals surface area (Å²) < 4.78 is 19.0. The van der Waals surface area contributed by atoms with Gasteiger partial charge in [0.1, 0.15) is 22.7 Å². The summed E-state index contributed by atoms with van der Waals surface area (Å²) in [5, 5.41) is -0.149. The molecule has 0 N–H and O–H groups in total. The normalized spacial score (nSPS) is 16.7. The fraction of sp³-hybridized carbons (Fsp3) is 0.0952. The number of hydrogen-bond acceptors (Lipinski definition) is 3. The molecule has 1 atom stereocenters. The number of benzene rings is 3. The molecule has 0 bridgehead atoms. The molecule has 3 aromatic rings. The van der Waals surface area contributed by atoms with E-state index in [4.69, 9.17) is 4.74 Å². The summed E-state index contributed by atoms with van der Waals surface area (Å²) >= 11 is 1.54. The first-order chi connectivity index (χ1) is 12.7. The van der Waals surface area contributed by atoms with Gasteiger partial charge in [0.05, 0.1) is 5.75 Å². The van der Waals surface area contributed by atoms with Gasteiger partial charge in [0.2, 0.25) is 5.91 Å². The van der Waals surface area contributed by atoms with Gasteiger partial charge in [0.25, 0.3) is 0 Å². The van der Waals surface area contributed by atoms with E-state index in [2.05, 4.69) is 0 Å². The third-order valence-electron chi connectivity index (χ3n) is 4.12. The summed E-state index contributed by atoms with van der Waals surface area (Å²) in [4.78, 5) is 14.2. The molecule has 1 amide bonds. The smallest absolute Gasteiger partial charge is 0.238 e. The monoisotopic (exact) mass is 365 g/mol. The van der Waals surface area contributed by atoms with Crippen LogP contribution in [0.25, 0.3) is 0 Å². The number of carbonyl (C=O) groups is 1. The molecule has 5 heteroatoms. The Hall–Kier alpha value is -2.79. The molecule has 0 spiro atoms. The van der Waals surface area contributed by atoms with Gasteiger partial charge in [-0.15, -0.1) is 11.8 Å². The summed E-state index contributed by atoms with van der Waals surface area (Å²) in [5.41, 5.74) is 1.71. The number of rotatable bonds is 4. The summed E-state index contributed by atoms with van der Waals surface area (Å²) in [6.45, 7) is 0. The first-order valence-corrected chi connectivity index (χ1v) is 9.28. The van der Waals surface area contributed by atoms with Crippen molar-refractivity contribution in [1.29, 1.82) is 0 Å². The lowest BCUT2D eigenvalue weighted by Crippen LogP contribution is -2.27. The molecule has 26 heavy (non-hydrogen) atoms. The number of amides is 1. The van der Waals surface area contributed by atoms with E-state index in [1.807, 2.05) is 54.6 Å². The molecule has 1 fully saturated rings. The van der Waals surface area contributed by atoms with Crippen molar-refractivity contribution in [2.24, 2.45) is 0 Å². The van der Waals surface area contributed by atoms with Crippen LogP contribution in [0, 0.1) is 5.82 Å². The predicted octanol–water partition coefficient (Wildman–Crippen LogP) is 5.40. The standard InChI is InChI=1S/C21H16FNO2S/c22-16-8-6-15(7-9-16)21-23(20(24)14-26-21)17-10-12-19(13-11-17)25-18-4-2-1-3-5-18/h1-13,21H,14H2/t21-/m1/s1. The molecule has 1 aliphatic rings. The van der Waals surface area contributed by atoms with Crippen LogP contribution in [-0.2, 0) is 4.79 Å². The molecule has 130 valence electrons. The molecular formula is C21H16FNO2S. The molecule has 0 unspecified atom stereocenters. The lowest BCUT2D eigenvalue weighted by atomic mass is 10.2. The van der Waals surface area contributed by atoms with E-state index in [9.17, 15) is 9.18 Å². The van der Waals surface area contributed by atoms with Gasteiger partial charge in [-0.3, -0.25) is 9.69 Å². The van der Waals surface area contributed by atoms with Crippen LogP contribution in [0.5, 0.6) is 11.5 Å². The van der Waals surface area contributed by atoms with Crippen molar-refractivity contribution >= 4 is 23.4 Å². The highest BCUT2D eigenvalue weighted by atomic mass is 32.2. The average Bonchev–Trinajstić information content (AvgIpc) is 3.05. The van der Waals surface area contributed by atoms with Crippen molar-refractivity contribution in [1.82, 2.24) is 0 Å². The molecule has 3 aromatic carbocycles. The van der Waals surface area contributed by atoms with Gasteiger partial charge >= 0.3 is 0 Å². The SMILES string of the molecule is O=C1CS[C@H](c2ccc(F)cc2)N1c1ccc(Oc2ccccc2)cc1. The quantitative estimate of drug-likeness (QED) is 0.620. The van der Waals surface area contributed by atoms with E-state index in [0.717, 1.165) is 17.0 Å². The van der Waals surface area contributed by atoms with E-state index in [0.29, 0.717) is 11.5 Å². The number of ether oxygens (including phenoxy) is 1. The molecule has 0 aromatic heterocycles. The Kier molecular flexibility index (Phi) is 4.63. The van der Waals surface area contributed by atoms with Crippen molar-refractivity contribution < 1.29 is 13.9 Å². The first-order valence-electron chi connectivity index (χ1n) is 8.23. The molecule has 0 aliphatic carbocycles. The number of anilines is 1. The molecule has 4 rings (SSSR count). The maximum absolute atomic E-state index is 13.2. The Morgan fingerprint density at radius 3 is 2.23 bits per heavy atom. The summed E-state index contributed by atoms with van der Waals surface area (Å²) in [6.07, 6.45) is 0. The van der Waals surface area contributed by atoms with E-state index < -0.39 is 0 Å². The highest BCUT2D eigenvalue weighted by molar-refractivity contribution is 8.00. The zero-order chi connectivity index (χ0) is 17.9. The minimum absolute atomic E-state index is 0.0426. The topological polar surface area (TPSA) is 29.5 Å². The molecule has 1 aliphatic heterocycles. The maximum Gasteiger partial charge on any atom is 0.238 e. The minimum Gasteiger partial charge on any atom is -0.457 e. The first kappa shape index (κ1) is 16.7. The van der Waals surface area contributed by atoms with Gasteiger partial charge in [-0.25, -0.2) is 4.39 Å². The molecule has 3 nitrogen and oxygen atoms in total. The highest BCUT2D eigenvalue weighted by Crippen LogP contribution is 2.42. The van der Waals surface area contributed by atoms with Crippen molar-refractivity contribution in [3.8, 4) is 11.5 Å². The van der Waals surface area contributed by atoms with Crippen LogP contribution >= 0.6 is 11.8 Å². The lowest BCUT2D eigenvalue weighted by Gasteiger charge is -2.24. The number of hydrogen-bond donors (Lipinski definition) is 0. The Labute approximate surface area is 155 Å². The van der Waals surface area contributed by atoms with Gasteiger partial charge in [-0.05, 0) is 54.1 Å². The fourth-order valence-corrected chi connectivity index (χ4v) is 4.05. The fourth-order valence-electron chi connectivity index (χ4n) is 2.88. The molecule has 0 radical (unpaired) electrons. The maximum atomic E-state index is 13.2. The number of thioether (sulfide) groups is 1. The van der Waals surface area contributed by atoms with Crippen LogP contribution in [0.1, 0.15) is 10.9 Å². The van der Waals surface area contributed by atoms with Crippen LogP contribution in [0.15, 0.2) is 78.9 Å². The Morgan fingerprint density at radius 1 is 0.885 bits per heavy atom. The minimum atomic E-state index is -0.281. The Morgan fingerprint density at radius 2 is 1.54 bits per heavy atom. The molecular weight excluding hydrogens is 349 g/mol. The number of nitrogens with zero attached hydrogens (tertiary/aromatic N) is 1. The second kappa shape index (κ2) is 7.22. The van der Waals surface area contributed by atoms with Crippen molar-refractivity contribution in [2.75, 3.05) is 10.7 Å². The van der Waals surface area contributed by atoms with Crippen molar-refractivity contribution in [2.45, 2.75) is 5.37 Å². The zero-order valence-corrected chi connectivity index (χ0v) is 14.7. The average molecular weight is 365 g/mol. The predicted molar refractivity (Wildman–Crippen MR) is 102 cm³/mol. The Balaban J connectivity index is 1.56. The Bertz CT molecular complexity index is 898. The lowest BCUT2D eigenvalue weighted by molar-refractivity contribution is -0.115. The van der Waals surface area contributed by atoms with Gasteiger partial charge in [-0.1, -0.05) is 30.3 Å². The van der Waals surface area contributed by atoms with Gasteiger partial charge in [0.15, 0.2) is 0 Å². The molecule has 1 saturated heterocycles. The van der Waals surface area contributed by atoms with Crippen LogP contribution in [-0.4, -0.2) is 11.7 Å². The number of para-hydroxylation sites is 1. The summed E-state index contributed by atoms with van der Waals surface area (Å²) in [7, 11) is 0. The van der Waals surface area contributed by atoms with Crippen molar-refractivity contribution in [3.05, 3.63) is 90.2 Å². The number of halogens is 1. The van der Waals surface area contributed by atoms with Crippen LogP contribution in [0.2, 0.25) is 0 Å². The van der Waals surface area contributed by atoms with E-state index in [1.165, 1.54) is 12.1 Å². The van der Waals surface area contributed by atoms with Gasteiger partial charge in [-0.2, -0.15) is 0 Å². The second-order valence-electron chi connectivity index (χ2n) is 5.89. The third-order valence-corrected chi connectivity index (χ3v) is 5.33. The summed E-state index contributed by atoms with van der Waals surface area (Å²) in [6, 6.07) is 23.3. The van der Waals surface area contributed by atoms with E-state index in [-0.39, 0.29) is 17.1 Å². The molecule has 1 heterocycles. The third kappa shape index (κ3) is 3.44. The van der Waals surface area contributed by atoms with E-state index >= 15 is 0 Å². The molecule has 0 saturated carbocycles. The van der Waals surface area contributed by atoms with E-state index in [1.54, 1.807) is 28.8 Å². The van der Waals surface area contributed by atoms with Crippen LogP contribution in [0.3, 0.4) is 0 Å². The summed E-state index contributed by atoms with van der Waals surface area (Å²) in [5.74, 6) is 1.64. The number of carbonyl (C=O) groups excluding carboxylic acids is 1. The van der Waals surface area contributed by atoms with Crippen molar-refractivity contribution in [3.63, 3.8) is 0 Å². The highest BCUT2D eigenvalue weighted by Gasteiger charge is 2.34. The van der Waals surface area contributed by atoms with Crippen LogP contribution < -0.4 is 9.64 Å². The van der Waals surface area contributed by atoms with Gasteiger partial charge < -0.3 is 4.74 Å². The van der Waals surface area contributed by atoms with Crippen LogP contribution in [0.4, 0.5) is 10.1 Å². The largest absolute Gasteiger partial charge is 0.457 e.